The van der Waals surface area contributed by atoms with Gasteiger partial charge in [0.1, 0.15) is 0 Å². The van der Waals surface area contributed by atoms with Gasteiger partial charge >= 0.3 is 0 Å². The molecule has 0 aromatic carbocycles. The fourth-order valence-corrected chi connectivity index (χ4v) is 4.99. The first-order chi connectivity index (χ1) is 13.1. The van der Waals surface area contributed by atoms with Gasteiger partial charge in [0.25, 0.3) is 5.91 Å². The van der Waals surface area contributed by atoms with Crippen molar-refractivity contribution in [3.05, 3.63) is 58.6 Å². The number of aromatic nitrogens is 3. The largest absolute Gasteiger partial charge is 0.353 e. The first-order valence-electron chi connectivity index (χ1n) is 9.59. The van der Waals surface area contributed by atoms with Crippen molar-refractivity contribution >= 4 is 17.2 Å². The van der Waals surface area contributed by atoms with Crippen LogP contribution in [-0.2, 0) is 7.05 Å². The summed E-state index contributed by atoms with van der Waals surface area (Å²) in [6.45, 7) is 4.88. The summed E-state index contributed by atoms with van der Waals surface area (Å²) in [5.41, 5.74) is 4.04. The molecule has 4 rings (SSSR count). The fraction of sp³-hybridized carbons (Fsp3) is 0.429. The predicted molar refractivity (Wildman–Crippen MR) is 109 cm³/mol. The lowest BCUT2D eigenvalue weighted by molar-refractivity contribution is 0.0674. The van der Waals surface area contributed by atoms with Gasteiger partial charge in [0.2, 0.25) is 0 Å². The Morgan fingerprint density at radius 3 is 2.81 bits per heavy atom. The van der Waals surface area contributed by atoms with Crippen LogP contribution in [0.4, 0.5) is 0 Å². The monoisotopic (exact) mass is 382 g/mol. The highest BCUT2D eigenvalue weighted by molar-refractivity contribution is 7.12. The topological polar surface area (TPSA) is 43.1 Å². The van der Waals surface area contributed by atoms with E-state index in [-0.39, 0.29) is 11.9 Å². The molecule has 4 heterocycles. The molecule has 1 unspecified atom stereocenters. The number of hydrogen-bond donors (Lipinski definition) is 0. The molecule has 3 aromatic rings. The number of amides is 1. The van der Waals surface area contributed by atoms with Crippen LogP contribution < -0.4 is 0 Å². The Labute approximate surface area is 164 Å². The standard InChI is InChI=1S/C21H26N4OS/c1-15-14-17(16(2)25(15)21-22-10-13-27-21)20(26)24-12-6-4-5-8-19(24)18-9-7-11-23(18)3/h7,9-11,13-14,19H,4-6,8,12H2,1-3H3. The molecular weight excluding hydrogens is 356 g/mol. The SMILES string of the molecule is Cc1cc(C(=O)N2CCCCCC2c2cccn2C)c(C)n1-c1nccs1. The molecule has 0 radical (unpaired) electrons. The third-order valence-electron chi connectivity index (χ3n) is 5.61. The van der Waals surface area contributed by atoms with Crippen molar-refractivity contribution in [2.24, 2.45) is 7.05 Å². The van der Waals surface area contributed by atoms with Gasteiger partial charge in [-0.05, 0) is 44.9 Å². The first-order valence-corrected chi connectivity index (χ1v) is 10.5. The van der Waals surface area contributed by atoms with Crippen LogP contribution in [0.2, 0.25) is 0 Å². The van der Waals surface area contributed by atoms with E-state index in [4.69, 9.17) is 0 Å². The summed E-state index contributed by atoms with van der Waals surface area (Å²) in [6.07, 6.45) is 8.31. The van der Waals surface area contributed by atoms with E-state index in [1.165, 1.54) is 12.1 Å². The van der Waals surface area contributed by atoms with Crippen LogP contribution >= 0.6 is 11.3 Å². The van der Waals surface area contributed by atoms with E-state index in [1.807, 2.05) is 25.3 Å². The van der Waals surface area contributed by atoms with E-state index >= 15 is 0 Å². The van der Waals surface area contributed by atoms with Gasteiger partial charge in [-0.15, -0.1) is 11.3 Å². The zero-order valence-electron chi connectivity index (χ0n) is 16.2. The van der Waals surface area contributed by atoms with Crippen LogP contribution in [-0.4, -0.2) is 31.5 Å². The lowest BCUT2D eigenvalue weighted by Crippen LogP contribution is -2.35. The van der Waals surface area contributed by atoms with Crippen molar-refractivity contribution in [1.29, 1.82) is 0 Å². The van der Waals surface area contributed by atoms with Crippen molar-refractivity contribution in [2.45, 2.75) is 45.6 Å². The summed E-state index contributed by atoms with van der Waals surface area (Å²) < 4.78 is 4.24. The van der Waals surface area contributed by atoms with E-state index < -0.39 is 0 Å². The second kappa shape index (κ2) is 7.35. The summed E-state index contributed by atoms with van der Waals surface area (Å²) in [5, 5.41) is 2.88. The zero-order chi connectivity index (χ0) is 19.0. The van der Waals surface area contributed by atoms with Gasteiger partial charge in [-0.2, -0.15) is 0 Å². The molecule has 0 saturated carbocycles. The number of rotatable bonds is 3. The lowest BCUT2D eigenvalue weighted by atomic mass is 10.1. The Kier molecular flexibility index (Phi) is 4.91. The van der Waals surface area contributed by atoms with E-state index in [0.29, 0.717) is 0 Å². The minimum atomic E-state index is 0.138. The molecule has 0 spiro atoms. The molecule has 27 heavy (non-hydrogen) atoms. The van der Waals surface area contributed by atoms with Gasteiger partial charge < -0.3 is 9.47 Å². The van der Waals surface area contributed by atoms with Gasteiger partial charge in [-0.3, -0.25) is 9.36 Å². The minimum Gasteiger partial charge on any atom is -0.353 e. The average Bonchev–Trinajstić information content (AvgIpc) is 3.33. The number of carbonyl (C=O) groups is 1. The molecule has 1 aliphatic heterocycles. The highest BCUT2D eigenvalue weighted by Gasteiger charge is 2.31. The van der Waals surface area contributed by atoms with Crippen molar-refractivity contribution in [3.63, 3.8) is 0 Å². The Balaban J connectivity index is 1.72. The summed E-state index contributed by atoms with van der Waals surface area (Å²) in [5.74, 6) is 0.138. The average molecular weight is 383 g/mol. The molecule has 0 aliphatic carbocycles. The molecule has 1 amide bonds. The highest BCUT2D eigenvalue weighted by Crippen LogP contribution is 2.33. The molecule has 0 bridgehead atoms. The number of nitrogens with zero attached hydrogens (tertiary/aromatic N) is 4. The first kappa shape index (κ1) is 18.0. The summed E-state index contributed by atoms with van der Waals surface area (Å²) in [4.78, 5) is 20.1. The molecule has 3 aromatic heterocycles. The normalized spacial score (nSPS) is 17.9. The smallest absolute Gasteiger partial charge is 0.256 e. The van der Waals surface area contributed by atoms with Gasteiger partial charge in [-0.25, -0.2) is 4.98 Å². The van der Waals surface area contributed by atoms with Crippen molar-refractivity contribution in [3.8, 4) is 5.13 Å². The summed E-state index contributed by atoms with van der Waals surface area (Å²) in [7, 11) is 2.07. The lowest BCUT2D eigenvalue weighted by Gasteiger charge is -2.30. The number of aryl methyl sites for hydroxylation is 2. The third kappa shape index (κ3) is 3.23. The molecule has 1 aliphatic rings. The number of thiazole rings is 1. The van der Waals surface area contributed by atoms with Crippen molar-refractivity contribution in [1.82, 2.24) is 19.0 Å². The fourth-order valence-electron chi connectivity index (χ4n) is 4.23. The van der Waals surface area contributed by atoms with Crippen LogP contribution in [0.1, 0.15) is 59.2 Å². The van der Waals surface area contributed by atoms with Gasteiger partial charge in [0.05, 0.1) is 11.6 Å². The second-order valence-electron chi connectivity index (χ2n) is 7.34. The van der Waals surface area contributed by atoms with E-state index in [2.05, 4.69) is 44.4 Å². The Bertz CT molecular complexity index is 938. The molecule has 0 N–H and O–H groups in total. The van der Waals surface area contributed by atoms with Crippen LogP contribution in [0, 0.1) is 13.8 Å². The van der Waals surface area contributed by atoms with Gasteiger partial charge in [0, 0.05) is 48.4 Å². The third-order valence-corrected chi connectivity index (χ3v) is 6.37. The number of likely N-dealkylation sites (tertiary alicyclic amines) is 1. The number of hydrogen-bond acceptors (Lipinski definition) is 3. The van der Waals surface area contributed by atoms with Crippen molar-refractivity contribution in [2.75, 3.05) is 6.54 Å². The Morgan fingerprint density at radius 1 is 1.26 bits per heavy atom. The summed E-state index contributed by atoms with van der Waals surface area (Å²) in [6, 6.07) is 6.38. The zero-order valence-corrected chi connectivity index (χ0v) is 17.0. The van der Waals surface area contributed by atoms with Crippen molar-refractivity contribution < 1.29 is 4.79 Å². The maximum absolute atomic E-state index is 13.6. The Morgan fingerprint density at radius 2 is 2.11 bits per heavy atom. The molecule has 1 fully saturated rings. The highest BCUT2D eigenvalue weighted by atomic mass is 32.1. The molecular formula is C21H26N4OS. The maximum atomic E-state index is 13.6. The quantitative estimate of drug-likeness (QED) is 0.662. The van der Waals surface area contributed by atoms with Gasteiger partial charge in [-0.1, -0.05) is 12.8 Å². The predicted octanol–water partition coefficient (Wildman–Crippen LogP) is 4.65. The molecule has 142 valence electrons. The van der Waals surface area contributed by atoms with Crippen LogP contribution in [0.25, 0.3) is 5.13 Å². The molecule has 1 saturated heterocycles. The molecule has 5 nitrogen and oxygen atoms in total. The van der Waals surface area contributed by atoms with Crippen LogP contribution in [0.3, 0.4) is 0 Å². The van der Waals surface area contributed by atoms with Crippen LogP contribution in [0.15, 0.2) is 36.0 Å². The second-order valence-corrected chi connectivity index (χ2v) is 8.22. The summed E-state index contributed by atoms with van der Waals surface area (Å²) >= 11 is 1.59. The number of carbonyl (C=O) groups excluding carboxylic acids is 1. The van der Waals surface area contributed by atoms with E-state index in [9.17, 15) is 4.79 Å². The van der Waals surface area contributed by atoms with E-state index in [1.54, 1.807) is 17.5 Å². The molecule has 6 heteroatoms. The minimum absolute atomic E-state index is 0.138. The Hall–Kier alpha value is -2.34. The van der Waals surface area contributed by atoms with Gasteiger partial charge in [0.15, 0.2) is 5.13 Å². The maximum Gasteiger partial charge on any atom is 0.256 e. The van der Waals surface area contributed by atoms with Crippen LogP contribution in [0.5, 0.6) is 0 Å². The van der Waals surface area contributed by atoms with E-state index in [0.717, 1.165) is 47.9 Å². The molecule has 1 atom stereocenters.